The van der Waals surface area contributed by atoms with Crippen LogP contribution in [-0.2, 0) is 32.4 Å². The second kappa shape index (κ2) is 7.41. The highest BCUT2D eigenvalue weighted by Crippen LogP contribution is 2.35. The quantitative estimate of drug-likeness (QED) is 0.805. The average Bonchev–Trinajstić information content (AvgIpc) is 3.17. The van der Waals surface area contributed by atoms with Gasteiger partial charge in [0, 0.05) is 13.2 Å². The van der Waals surface area contributed by atoms with Crippen LogP contribution >= 0.6 is 0 Å². The Morgan fingerprint density at radius 1 is 1.04 bits per heavy atom. The number of carbonyl (C=O) groups excluding carboxylic acids is 1. The number of sulfonamides is 1. The first-order valence-corrected chi connectivity index (χ1v) is 10.7. The summed E-state index contributed by atoms with van der Waals surface area (Å²) in [6.07, 6.45) is 1.51. The molecule has 0 unspecified atom stereocenters. The van der Waals surface area contributed by atoms with E-state index in [0.29, 0.717) is 5.56 Å². The van der Waals surface area contributed by atoms with Crippen molar-refractivity contribution in [3.8, 4) is 0 Å². The smallest absolute Gasteiger partial charge is 0.285 e. The van der Waals surface area contributed by atoms with Crippen molar-refractivity contribution in [3.05, 3.63) is 77.0 Å². The Hall–Kier alpha value is -2.64. The topological polar surface area (TPSA) is 75.7 Å². The lowest BCUT2D eigenvalue weighted by molar-refractivity contribution is -0.123. The summed E-state index contributed by atoms with van der Waals surface area (Å²) in [6, 6.07) is 16.9. The minimum absolute atomic E-state index is 0.00985. The monoisotopic (exact) mass is 398 g/mol. The molecule has 1 aliphatic carbocycles. The first kappa shape index (κ1) is 18.7. The van der Waals surface area contributed by atoms with Gasteiger partial charge in [0.2, 0.25) is 0 Å². The van der Waals surface area contributed by atoms with Crippen LogP contribution in [0, 0.1) is 0 Å². The molecule has 28 heavy (non-hydrogen) atoms. The fourth-order valence-corrected chi connectivity index (χ4v) is 5.52. The van der Waals surface area contributed by atoms with Crippen LogP contribution in [0.2, 0.25) is 0 Å². The molecular formula is C21H22N2O4S. The zero-order valence-electron chi connectivity index (χ0n) is 15.6. The number of benzene rings is 2. The van der Waals surface area contributed by atoms with Crippen LogP contribution in [0.25, 0.3) is 4.91 Å². The molecule has 0 spiro atoms. The summed E-state index contributed by atoms with van der Waals surface area (Å²) in [5.41, 5.74) is 3.12. The molecule has 2 aliphatic rings. The molecule has 2 aromatic carbocycles. The molecule has 1 aliphatic heterocycles. The third kappa shape index (κ3) is 3.21. The van der Waals surface area contributed by atoms with Crippen molar-refractivity contribution in [2.75, 3.05) is 20.3 Å². The van der Waals surface area contributed by atoms with Crippen molar-refractivity contribution in [3.63, 3.8) is 0 Å². The van der Waals surface area contributed by atoms with Crippen molar-refractivity contribution in [2.45, 2.75) is 18.9 Å². The minimum Gasteiger partial charge on any atom is -0.383 e. The van der Waals surface area contributed by atoms with Crippen LogP contribution in [-0.4, -0.2) is 44.9 Å². The fraction of sp³-hybridized carbons (Fsp3) is 0.286. The second-order valence-electron chi connectivity index (χ2n) is 6.96. The molecule has 0 aromatic heterocycles. The molecule has 0 saturated heterocycles. The minimum atomic E-state index is -3.94. The molecule has 2 aromatic rings. The van der Waals surface area contributed by atoms with Crippen LogP contribution in [0.15, 0.2) is 60.3 Å². The predicted octanol–water partition coefficient (Wildman–Crippen LogP) is 1.93. The van der Waals surface area contributed by atoms with Crippen LogP contribution < -0.4 is 5.32 Å². The molecule has 4 rings (SSSR count). The van der Waals surface area contributed by atoms with Crippen molar-refractivity contribution < 1.29 is 17.9 Å². The van der Waals surface area contributed by atoms with E-state index in [-0.39, 0.29) is 29.8 Å². The molecule has 146 valence electrons. The average molecular weight is 398 g/mol. The Balaban J connectivity index is 1.71. The number of nitrogens with one attached hydrogen (secondary N) is 1. The number of fused-ring (bicyclic) bond motifs is 1. The van der Waals surface area contributed by atoms with E-state index in [9.17, 15) is 13.2 Å². The lowest BCUT2D eigenvalue weighted by Crippen LogP contribution is -2.38. The van der Waals surface area contributed by atoms with Gasteiger partial charge in [-0.3, -0.25) is 4.79 Å². The van der Waals surface area contributed by atoms with E-state index < -0.39 is 15.9 Å². The first-order valence-electron chi connectivity index (χ1n) is 9.21. The Labute approximate surface area is 164 Å². The summed E-state index contributed by atoms with van der Waals surface area (Å²) in [5.74, 6) is -0.521. The lowest BCUT2D eigenvalue weighted by atomic mass is 10.1. The largest absolute Gasteiger partial charge is 0.383 e. The van der Waals surface area contributed by atoms with E-state index in [4.69, 9.17) is 4.74 Å². The van der Waals surface area contributed by atoms with Crippen LogP contribution in [0.1, 0.15) is 16.7 Å². The zero-order chi connectivity index (χ0) is 19.7. The molecule has 1 N–H and O–H groups in total. The number of ether oxygens (including phenoxy) is 1. The molecule has 7 heteroatoms. The molecule has 0 fully saturated rings. The summed E-state index contributed by atoms with van der Waals surface area (Å²) in [4.78, 5) is 13.1. The third-order valence-corrected chi connectivity index (χ3v) is 7.03. The predicted molar refractivity (Wildman–Crippen MR) is 107 cm³/mol. The summed E-state index contributed by atoms with van der Waals surface area (Å²) >= 11 is 0. The number of nitrogens with zero attached hydrogens (tertiary/aromatic N) is 1. The van der Waals surface area contributed by atoms with Gasteiger partial charge < -0.3 is 10.1 Å². The summed E-state index contributed by atoms with van der Waals surface area (Å²) in [6.45, 7) is 0.138. The van der Waals surface area contributed by atoms with Crippen LogP contribution in [0.4, 0.5) is 0 Å². The Kier molecular flexibility index (Phi) is 4.95. The maximum Gasteiger partial charge on any atom is 0.285 e. The van der Waals surface area contributed by atoms with Crippen molar-refractivity contribution in [1.82, 2.24) is 9.62 Å². The molecule has 0 bridgehead atoms. The highest BCUT2D eigenvalue weighted by Gasteiger charge is 2.45. The van der Waals surface area contributed by atoms with Gasteiger partial charge in [0.1, 0.15) is 10.6 Å². The second-order valence-corrected chi connectivity index (χ2v) is 8.76. The van der Waals surface area contributed by atoms with E-state index in [0.717, 1.165) is 17.1 Å². The van der Waals surface area contributed by atoms with Gasteiger partial charge in [-0.1, -0.05) is 54.6 Å². The Bertz CT molecular complexity index is 1010. The molecular weight excluding hydrogens is 376 g/mol. The van der Waals surface area contributed by atoms with Gasteiger partial charge in [-0.2, -0.15) is 0 Å². The van der Waals surface area contributed by atoms with E-state index in [1.807, 2.05) is 18.2 Å². The van der Waals surface area contributed by atoms with Crippen molar-refractivity contribution >= 4 is 20.8 Å². The highest BCUT2D eigenvalue weighted by atomic mass is 32.2. The summed E-state index contributed by atoms with van der Waals surface area (Å²) < 4.78 is 32.2. The van der Waals surface area contributed by atoms with Gasteiger partial charge in [-0.05, 0) is 29.5 Å². The number of rotatable bonds is 6. The van der Waals surface area contributed by atoms with E-state index in [1.54, 1.807) is 24.3 Å². The molecule has 6 nitrogen and oxygen atoms in total. The summed E-state index contributed by atoms with van der Waals surface area (Å²) in [7, 11) is -2.46. The standard InChI is InChI=1S/C21H22N2O4S/c1-27-12-11-23-21(24)19(20(28(23,25)26)15-7-3-2-4-8-15)22-18-13-16-9-5-6-10-17(16)14-18/h2-10,18,22H,11-14H2,1H3. The molecule has 1 heterocycles. The highest BCUT2D eigenvalue weighted by molar-refractivity contribution is 7.99. The van der Waals surface area contributed by atoms with Crippen molar-refractivity contribution in [1.29, 1.82) is 0 Å². The Morgan fingerprint density at radius 3 is 2.25 bits per heavy atom. The normalized spacial score (nSPS) is 18.6. The Morgan fingerprint density at radius 2 is 1.64 bits per heavy atom. The number of carbonyl (C=O) groups is 1. The molecule has 0 atom stereocenters. The zero-order valence-corrected chi connectivity index (χ0v) is 16.4. The van der Waals surface area contributed by atoms with E-state index in [2.05, 4.69) is 17.4 Å². The van der Waals surface area contributed by atoms with Gasteiger partial charge in [0.25, 0.3) is 15.9 Å². The van der Waals surface area contributed by atoms with Crippen LogP contribution in [0.5, 0.6) is 0 Å². The summed E-state index contributed by atoms with van der Waals surface area (Å²) in [5, 5.41) is 3.25. The fourth-order valence-electron chi connectivity index (χ4n) is 3.84. The first-order chi connectivity index (χ1) is 13.5. The third-order valence-electron chi connectivity index (χ3n) is 5.15. The van der Waals surface area contributed by atoms with Gasteiger partial charge in [-0.25, -0.2) is 12.7 Å². The number of methoxy groups -OCH3 is 1. The van der Waals surface area contributed by atoms with Crippen LogP contribution in [0.3, 0.4) is 0 Å². The van der Waals surface area contributed by atoms with Gasteiger partial charge in [-0.15, -0.1) is 0 Å². The van der Waals surface area contributed by atoms with Gasteiger partial charge in [0.15, 0.2) is 0 Å². The van der Waals surface area contributed by atoms with E-state index in [1.165, 1.54) is 18.2 Å². The lowest BCUT2D eigenvalue weighted by Gasteiger charge is -2.17. The number of hydrogen-bond acceptors (Lipinski definition) is 5. The number of hydrogen-bond donors (Lipinski definition) is 1. The molecule has 0 saturated carbocycles. The molecule has 1 amide bonds. The van der Waals surface area contributed by atoms with Gasteiger partial charge >= 0.3 is 0 Å². The van der Waals surface area contributed by atoms with Crippen molar-refractivity contribution in [2.24, 2.45) is 0 Å². The van der Waals surface area contributed by atoms with Gasteiger partial charge in [0.05, 0.1) is 13.2 Å². The maximum absolute atomic E-state index is 13.2. The van der Waals surface area contributed by atoms with E-state index >= 15 is 0 Å². The SMILES string of the molecule is COCCN1C(=O)C(NC2Cc3ccccc3C2)=C(c2ccccc2)S1(=O)=O. The number of amides is 1. The maximum atomic E-state index is 13.2. The molecule has 0 radical (unpaired) electrons.